The van der Waals surface area contributed by atoms with Crippen LogP contribution in [-0.2, 0) is 17.6 Å². The number of H-pyrrole nitrogens is 1. The summed E-state index contributed by atoms with van der Waals surface area (Å²) in [5.74, 6) is 0.472. The summed E-state index contributed by atoms with van der Waals surface area (Å²) in [6, 6.07) is 13.8. The van der Waals surface area contributed by atoms with Crippen molar-refractivity contribution in [1.82, 2.24) is 15.3 Å². The molecule has 1 heterocycles. The Bertz CT molecular complexity index is 747. The van der Waals surface area contributed by atoms with Crippen LogP contribution in [0.5, 0.6) is 0 Å². The zero-order valence-electron chi connectivity index (χ0n) is 12.0. The molecule has 3 rings (SSSR count). The van der Waals surface area contributed by atoms with Crippen LogP contribution in [0.2, 0.25) is 0 Å². The number of halogens is 1. The second kappa shape index (κ2) is 6.39. The number of amides is 1. The minimum atomic E-state index is -0.297. The Labute approximate surface area is 127 Å². The molecule has 0 saturated heterocycles. The van der Waals surface area contributed by atoms with Crippen LogP contribution < -0.4 is 5.32 Å². The fraction of sp³-hybridized carbons (Fsp3) is 0.176. The maximum absolute atomic E-state index is 12.8. The second-order valence-corrected chi connectivity index (χ2v) is 5.10. The van der Waals surface area contributed by atoms with Gasteiger partial charge in [0, 0.05) is 13.0 Å². The maximum atomic E-state index is 12.8. The molecule has 0 radical (unpaired) electrons. The summed E-state index contributed by atoms with van der Waals surface area (Å²) in [6.07, 6.45) is 0.893. The molecule has 3 aromatic rings. The largest absolute Gasteiger partial charge is 0.355 e. The maximum Gasteiger partial charge on any atom is 0.224 e. The van der Waals surface area contributed by atoms with Crippen LogP contribution in [-0.4, -0.2) is 22.4 Å². The van der Waals surface area contributed by atoms with Crippen LogP contribution >= 0.6 is 0 Å². The summed E-state index contributed by atoms with van der Waals surface area (Å²) in [6.45, 7) is 0.514. The molecular weight excluding hydrogens is 281 g/mol. The molecule has 1 amide bonds. The number of aromatic amines is 1. The number of imidazole rings is 1. The average Bonchev–Trinajstić information content (AvgIpc) is 2.92. The number of carbonyl (C=O) groups is 1. The lowest BCUT2D eigenvalue weighted by Crippen LogP contribution is -2.27. The van der Waals surface area contributed by atoms with Crippen LogP contribution in [0.1, 0.15) is 11.4 Å². The van der Waals surface area contributed by atoms with Gasteiger partial charge in [-0.05, 0) is 29.8 Å². The first-order chi connectivity index (χ1) is 10.7. The van der Waals surface area contributed by atoms with Crippen LogP contribution in [0.15, 0.2) is 48.5 Å². The molecule has 0 atom stereocenters. The van der Waals surface area contributed by atoms with Crippen LogP contribution in [0, 0.1) is 5.82 Å². The first-order valence-corrected chi connectivity index (χ1v) is 7.15. The molecule has 2 N–H and O–H groups in total. The predicted molar refractivity (Wildman–Crippen MR) is 82.9 cm³/mol. The summed E-state index contributed by atoms with van der Waals surface area (Å²) >= 11 is 0. The number of nitrogens with one attached hydrogen (secondary N) is 2. The highest BCUT2D eigenvalue weighted by Gasteiger charge is 2.05. The van der Waals surface area contributed by atoms with Gasteiger partial charge >= 0.3 is 0 Å². The highest BCUT2D eigenvalue weighted by Crippen LogP contribution is 2.10. The zero-order chi connectivity index (χ0) is 15.4. The zero-order valence-corrected chi connectivity index (χ0v) is 12.0. The van der Waals surface area contributed by atoms with E-state index >= 15 is 0 Å². The van der Waals surface area contributed by atoms with Crippen LogP contribution in [0.4, 0.5) is 4.39 Å². The highest BCUT2D eigenvalue weighted by atomic mass is 19.1. The third kappa shape index (κ3) is 3.49. The predicted octanol–water partition coefficient (Wildman–Crippen LogP) is 2.60. The van der Waals surface area contributed by atoms with Crippen molar-refractivity contribution in [3.63, 3.8) is 0 Å². The Balaban J connectivity index is 1.49. The molecule has 0 aliphatic carbocycles. The normalized spacial score (nSPS) is 10.8. The van der Waals surface area contributed by atoms with Crippen LogP contribution in [0.3, 0.4) is 0 Å². The van der Waals surface area contributed by atoms with Gasteiger partial charge in [-0.2, -0.15) is 0 Å². The Hall–Kier alpha value is -2.69. The molecular formula is C17H16FN3O. The second-order valence-electron chi connectivity index (χ2n) is 5.10. The molecule has 0 spiro atoms. The van der Waals surface area contributed by atoms with E-state index in [-0.39, 0.29) is 18.1 Å². The molecule has 0 aliphatic heterocycles. The SMILES string of the molecule is O=C(Cc1ccc(F)cc1)NCCc1nc2ccccc2[nH]1. The van der Waals surface area contributed by atoms with E-state index in [0.29, 0.717) is 13.0 Å². The van der Waals surface area contributed by atoms with E-state index in [1.54, 1.807) is 12.1 Å². The standard InChI is InChI=1S/C17H16FN3O/c18-13-7-5-12(6-8-13)11-17(22)19-10-9-16-20-14-3-1-2-4-15(14)21-16/h1-8H,9-11H2,(H,19,22)(H,20,21). The van der Waals surface area contributed by atoms with Crippen molar-refractivity contribution in [3.05, 3.63) is 65.7 Å². The lowest BCUT2D eigenvalue weighted by Gasteiger charge is -2.04. The number of hydrogen-bond donors (Lipinski definition) is 2. The molecule has 0 bridgehead atoms. The van der Waals surface area contributed by atoms with Gasteiger partial charge in [0.25, 0.3) is 0 Å². The molecule has 0 aliphatic rings. The third-order valence-electron chi connectivity index (χ3n) is 3.40. The first-order valence-electron chi connectivity index (χ1n) is 7.15. The molecule has 112 valence electrons. The number of fused-ring (bicyclic) bond motifs is 1. The van der Waals surface area contributed by atoms with E-state index in [1.807, 2.05) is 24.3 Å². The minimum Gasteiger partial charge on any atom is -0.355 e. The molecule has 1 aromatic heterocycles. The van der Waals surface area contributed by atoms with E-state index in [0.717, 1.165) is 22.4 Å². The Kier molecular flexibility index (Phi) is 4.14. The van der Waals surface area contributed by atoms with E-state index in [9.17, 15) is 9.18 Å². The van der Waals surface area contributed by atoms with Gasteiger partial charge in [-0.1, -0.05) is 24.3 Å². The molecule has 0 saturated carbocycles. The van der Waals surface area contributed by atoms with Gasteiger partial charge < -0.3 is 10.3 Å². The van der Waals surface area contributed by atoms with Crippen molar-refractivity contribution >= 4 is 16.9 Å². The average molecular weight is 297 g/mol. The van der Waals surface area contributed by atoms with E-state index < -0.39 is 0 Å². The number of nitrogens with zero attached hydrogens (tertiary/aromatic N) is 1. The van der Waals surface area contributed by atoms with Gasteiger partial charge in [-0.3, -0.25) is 4.79 Å². The monoisotopic (exact) mass is 297 g/mol. The van der Waals surface area contributed by atoms with Crippen molar-refractivity contribution in [2.75, 3.05) is 6.54 Å². The highest BCUT2D eigenvalue weighted by molar-refractivity contribution is 5.78. The molecule has 5 heteroatoms. The van der Waals surface area contributed by atoms with Gasteiger partial charge in [-0.25, -0.2) is 9.37 Å². The summed E-state index contributed by atoms with van der Waals surface area (Å²) < 4.78 is 12.8. The van der Waals surface area contributed by atoms with Gasteiger partial charge in [0.05, 0.1) is 17.5 Å². The van der Waals surface area contributed by atoms with Crippen LogP contribution in [0.25, 0.3) is 11.0 Å². The fourth-order valence-electron chi connectivity index (χ4n) is 2.29. The van der Waals surface area contributed by atoms with Crippen molar-refractivity contribution in [2.24, 2.45) is 0 Å². The van der Waals surface area contributed by atoms with Gasteiger partial charge in [-0.15, -0.1) is 0 Å². The van der Waals surface area contributed by atoms with E-state index in [4.69, 9.17) is 0 Å². The van der Waals surface area contributed by atoms with Gasteiger partial charge in [0.2, 0.25) is 5.91 Å². The van der Waals surface area contributed by atoms with Gasteiger partial charge in [0.1, 0.15) is 11.6 Å². The Morgan fingerprint density at radius 3 is 2.68 bits per heavy atom. The molecule has 0 unspecified atom stereocenters. The number of carbonyl (C=O) groups excluding carboxylic acids is 1. The molecule has 2 aromatic carbocycles. The van der Waals surface area contributed by atoms with Crippen molar-refractivity contribution < 1.29 is 9.18 Å². The lowest BCUT2D eigenvalue weighted by atomic mass is 10.1. The number of aromatic nitrogens is 2. The summed E-state index contributed by atoms with van der Waals surface area (Å²) in [4.78, 5) is 19.5. The topological polar surface area (TPSA) is 57.8 Å². The fourth-order valence-corrected chi connectivity index (χ4v) is 2.29. The summed E-state index contributed by atoms with van der Waals surface area (Å²) in [7, 11) is 0. The van der Waals surface area contributed by atoms with Crippen molar-refractivity contribution in [3.8, 4) is 0 Å². The first kappa shape index (κ1) is 14.3. The molecule has 4 nitrogen and oxygen atoms in total. The molecule has 0 fully saturated rings. The van der Waals surface area contributed by atoms with E-state index in [1.165, 1.54) is 12.1 Å². The number of hydrogen-bond acceptors (Lipinski definition) is 2. The summed E-state index contributed by atoms with van der Waals surface area (Å²) in [5.41, 5.74) is 2.72. The third-order valence-corrected chi connectivity index (χ3v) is 3.40. The summed E-state index contributed by atoms with van der Waals surface area (Å²) in [5, 5.41) is 2.85. The molecule has 22 heavy (non-hydrogen) atoms. The lowest BCUT2D eigenvalue weighted by molar-refractivity contribution is -0.120. The van der Waals surface area contributed by atoms with Crippen molar-refractivity contribution in [2.45, 2.75) is 12.8 Å². The number of para-hydroxylation sites is 2. The number of benzene rings is 2. The quantitative estimate of drug-likeness (QED) is 0.760. The number of rotatable bonds is 5. The minimum absolute atomic E-state index is 0.0808. The van der Waals surface area contributed by atoms with Gasteiger partial charge in [0.15, 0.2) is 0 Å². The van der Waals surface area contributed by atoms with Crippen molar-refractivity contribution in [1.29, 1.82) is 0 Å². The van der Waals surface area contributed by atoms with E-state index in [2.05, 4.69) is 15.3 Å². The smallest absolute Gasteiger partial charge is 0.224 e. The Morgan fingerprint density at radius 2 is 1.91 bits per heavy atom. The Morgan fingerprint density at radius 1 is 1.14 bits per heavy atom.